The summed E-state index contributed by atoms with van der Waals surface area (Å²) < 4.78 is 0.997. The van der Waals surface area contributed by atoms with Gasteiger partial charge in [-0.25, -0.2) is 4.98 Å². The Hall–Kier alpha value is -2.95. The van der Waals surface area contributed by atoms with Gasteiger partial charge in [0.2, 0.25) is 0 Å². The van der Waals surface area contributed by atoms with Gasteiger partial charge in [0.1, 0.15) is 16.6 Å². The van der Waals surface area contributed by atoms with Crippen molar-refractivity contribution in [2.45, 2.75) is 0 Å². The van der Waals surface area contributed by atoms with Crippen LogP contribution in [-0.4, -0.2) is 15.2 Å². The lowest BCUT2D eigenvalue weighted by atomic mass is 10.2. The largest absolute Gasteiger partial charge is 0.360 e. The number of rotatable bonds is 4. The molecule has 0 unspecified atom stereocenters. The molecule has 0 radical (unpaired) electrons. The second-order valence-corrected chi connectivity index (χ2v) is 7.31. The number of aromatic amines is 1. The number of aromatic nitrogens is 3. The predicted molar refractivity (Wildman–Crippen MR) is 109 cm³/mol. The summed E-state index contributed by atoms with van der Waals surface area (Å²) in [5.41, 5.74) is 4.16. The van der Waals surface area contributed by atoms with Crippen molar-refractivity contribution < 1.29 is 0 Å². The fourth-order valence-electron chi connectivity index (χ4n) is 2.50. The van der Waals surface area contributed by atoms with E-state index in [9.17, 15) is 5.26 Å². The Morgan fingerprint density at radius 3 is 3.04 bits per heavy atom. The third kappa shape index (κ3) is 3.38. The monoisotopic (exact) mass is 421 g/mol. The van der Waals surface area contributed by atoms with E-state index in [4.69, 9.17) is 0 Å². The molecule has 0 amide bonds. The summed E-state index contributed by atoms with van der Waals surface area (Å²) in [6, 6.07) is 16.0. The van der Waals surface area contributed by atoms with Crippen LogP contribution >= 0.6 is 27.3 Å². The van der Waals surface area contributed by atoms with Gasteiger partial charge in [-0.05, 0) is 30.3 Å². The van der Waals surface area contributed by atoms with E-state index >= 15 is 0 Å². The van der Waals surface area contributed by atoms with E-state index in [0.29, 0.717) is 10.6 Å². The molecule has 0 aliphatic heterocycles. The summed E-state index contributed by atoms with van der Waals surface area (Å²) in [4.78, 5) is 4.60. The molecule has 4 aromatic rings. The summed E-state index contributed by atoms with van der Waals surface area (Å²) in [5, 5.41) is 23.3. The second kappa shape index (κ2) is 7.12. The summed E-state index contributed by atoms with van der Waals surface area (Å²) in [7, 11) is 0. The van der Waals surface area contributed by atoms with Crippen LogP contribution in [0.3, 0.4) is 0 Å². The fourth-order valence-corrected chi connectivity index (χ4v) is 3.70. The van der Waals surface area contributed by atoms with E-state index in [2.05, 4.69) is 42.5 Å². The first-order valence-corrected chi connectivity index (χ1v) is 9.42. The number of nitriles is 1. The zero-order chi connectivity index (χ0) is 17.9. The van der Waals surface area contributed by atoms with Crippen LogP contribution in [0.1, 0.15) is 5.01 Å². The number of anilines is 1. The quantitative estimate of drug-likeness (QED) is 0.430. The van der Waals surface area contributed by atoms with Crippen LogP contribution < -0.4 is 5.32 Å². The minimum atomic E-state index is 0.487. The van der Waals surface area contributed by atoms with E-state index in [1.54, 1.807) is 12.4 Å². The number of thiazole rings is 1. The lowest BCUT2D eigenvalue weighted by molar-refractivity contribution is 1.12. The fraction of sp³-hybridized carbons (Fsp3) is 0. The summed E-state index contributed by atoms with van der Waals surface area (Å²) in [6.07, 6.45) is 3.45. The minimum absolute atomic E-state index is 0.487. The molecule has 0 aliphatic carbocycles. The molecule has 0 aliphatic rings. The number of halogens is 1. The number of fused-ring (bicyclic) bond motifs is 1. The van der Waals surface area contributed by atoms with Crippen LogP contribution in [0.15, 0.2) is 64.7 Å². The zero-order valence-electron chi connectivity index (χ0n) is 13.4. The highest BCUT2D eigenvalue weighted by Crippen LogP contribution is 2.28. The molecule has 0 saturated heterocycles. The molecule has 0 saturated carbocycles. The third-order valence-electron chi connectivity index (χ3n) is 3.80. The molecule has 0 atom stereocenters. The molecule has 4 rings (SSSR count). The van der Waals surface area contributed by atoms with Gasteiger partial charge in [0.25, 0.3) is 0 Å². The van der Waals surface area contributed by atoms with Gasteiger partial charge in [-0.15, -0.1) is 11.3 Å². The lowest BCUT2D eigenvalue weighted by Crippen LogP contribution is -1.91. The SMILES string of the molecule is N#CC(=CNc1ccc2cn[nH]c2c1)c1nc(-c2cccc(Br)c2)cs1. The molecule has 0 fully saturated rings. The normalized spacial score (nSPS) is 11.5. The third-order valence-corrected chi connectivity index (χ3v) is 5.17. The first-order chi connectivity index (χ1) is 12.7. The molecule has 0 spiro atoms. The average molecular weight is 422 g/mol. The highest BCUT2D eigenvalue weighted by Gasteiger charge is 2.09. The standard InChI is InChI=1S/C19H12BrN5S/c20-15-3-1-2-12(6-15)18-11-26-19(24-18)14(8-21)9-22-16-5-4-13-10-23-25-17(13)7-16/h1-7,9-11,22H,(H,23,25). The van der Waals surface area contributed by atoms with Crippen LogP contribution in [-0.2, 0) is 0 Å². The van der Waals surface area contributed by atoms with Crippen molar-refractivity contribution in [1.29, 1.82) is 5.26 Å². The topological polar surface area (TPSA) is 77.4 Å². The molecular weight excluding hydrogens is 410 g/mol. The maximum Gasteiger partial charge on any atom is 0.136 e. The number of allylic oxidation sites excluding steroid dienone is 1. The van der Waals surface area contributed by atoms with Crippen LogP contribution in [0.25, 0.3) is 27.7 Å². The van der Waals surface area contributed by atoms with E-state index < -0.39 is 0 Å². The van der Waals surface area contributed by atoms with E-state index in [1.165, 1.54) is 11.3 Å². The minimum Gasteiger partial charge on any atom is -0.360 e. The Balaban J connectivity index is 1.59. The maximum atomic E-state index is 9.50. The highest BCUT2D eigenvalue weighted by atomic mass is 79.9. The van der Waals surface area contributed by atoms with Crippen LogP contribution in [0, 0.1) is 11.3 Å². The number of H-pyrrole nitrogens is 1. The van der Waals surface area contributed by atoms with Crippen molar-refractivity contribution in [3.8, 4) is 17.3 Å². The van der Waals surface area contributed by atoms with Gasteiger partial charge in [-0.2, -0.15) is 10.4 Å². The Morgan fingerprint density at radius 2 is 2.19 bits per heavy atom. The molecule has 2 heterocycles. The lowest BCUT2D eigenvalue weighted by Gasteiger charge is -2.01. The van der Waals surface area contributed by atoms with Crippen molar-refractivity contribution in [2.24, 2.45) is 0 Å². The number of hydrogen-bond donors (Lipinski definition) is 2. The predicted octanol–water partition coefficient (Wildman–Crippen LogP) is 5.43. The van der Waals surface area contributed by atoms with E-state index in [-0.39, 0.29) is 0 Å². The van der Waals surface area contributed by atoms with Gasteiger partial charge < -0.3 is 5.32 Å². The van der Waals surface area contributed by atoms with Crippen LogP contribution in [0.2, 0.25) is 0 Å². The molecule has 126 valence electrons. The van der Waals surface area contributed by atoms with Crippen molar-refractivity contribution in [3.63, 3.8) is 0 Å². The molecule has 2 N–H and O–H groups in total. The zero-order valence-corrected chi connectivity index (χ0v) is 15.8. The number of nitrogens with zero attached hydrogens (tertiary/aromatic N) is 3. The van der Waals surface area contributed by atoms with Crippen molar-refractivity contribution >= 4 is 49.4 Å². The van der Waals surface area contributed by atoms with Gasteiger partial charge in [-0.3, -0.25) is 5.10 Å². The molecule has 0 bridgehead atoms. The van der Waals surface area contributed by atoms with Crippen molar-refractivity contribution in [3.05, 3.63) is 69.7 Å². The molecule has 2 aromatic heterocycles. The van der Waals surface area contributed by atoms with E-state index in [0.717, 1.165) is 32.3 Å². The van der Waals surface area contributed by atoms with E-state index in [1.807, 2.05) is 47.8 Å². The first kappa shape index (κ1) is 16.5. The molecule has 26 heavy (non-hydrogen) atoms. The Labute approximate surface area is 162 Å². The number of hydrogen-bond acceptors (Lipinski definition) is 5. The van der Waals surface area contributed by atoms with Gasteiger partial charge in [0, 0.05) is 32.7 Å². The van der Waals surface area contributed by atoms with Gasteiger partial charge in [0.15, 0.2) is 0 Å². The Kier molecular flexibility index (Phi) is 4.52. The van der Waals surface area contributed by atoms with Crippen LogP contribution in [0.5, 0.6) is 0 Å². The summed E-state index contributed by atoms with van der Waals surface area (Å²) in [6.45, 7) is 0. The smallest absolute Gasteiger partial charge is 0.136 e. The molecule has 7 heteroatoms. The second-order valence-electron chi connectivity index (χ2n) is 5.53. The van der Waals surface area contributed by atoms with Crippen molar-refractivity contribution in [2.75, 3.05) is 5.32 Å². The number of nitrogens with one attached hydrogen (secondary N) is 2. The molecular formula is C19H12BrN5S. The number of benzene rings is 2. The summed E-state index contributed by atoms with van der Waals surface area (Å²) >= 11 is 4.92. The van der Waals surface area contributed by atoms with Gasteiger partial charge in [-0.1, -0.05) is 28.1 Å². The summed E-state index contributed by atoms with van der Waals surface area (Å²) in [5.74, 6) is 0. The van der Waals surface area contributed by atoms with Gasteiger partial charge >= 0.3 is 0 Å². The molecule has 2 aromatic carbocycles. The average Bonchev–Trinajstić information content (AvgIpc) is 3.31. The van der Waals surface area contributed by atoms with Gasteiger partial charge in [0.05, 0.1) is 17.4 Å². The molecule has 5 nitrogen and oxygen atoms in total. The Morgan fingerprint density at radius 1 is 1.27 bits per heavy atom. The van der Waals surface area contributed by atoms with Crippen LogP contribution in [0.4, 0.5) is 5.69 Å². The van der Waals surface area contributed by atoms with Crippen molar-refractivity contribution in [1.82, 2.24) is 15.2 Å². The maximum absolute atomic E-state index is 9.50. The highest BCUT2D eigenvalue weighted by molar-refractivity contribution is 9.10. The first-order valence-electron chi connectivity index (χ1n) is 7.75. The Bertz CT molecular complexity index is 1150.